The Morgan fingerprint density at radius 1 is 0.938 bits per heavy atom. The lowest BCUT2D eigenvalue weighted by Gasteiger charge is -2.27. The molecule has 3 amide bonds. The van der Waals surface area contributed by atoms with Crippen LogP contribution in [0, 0.1) is 11.8 Å². The molecule has 0 bridgehead atoms. The second-order valence-corrected chi connectivity index (χ2v) is 9.50. The van der Waals surface area contributed by atoms with Gasteiger partial charge in [-0.05, 0) is 43.6 Å². The highest BCUT2D eigenvalue weighted by Crippen LogP contribution is 2.10. The largest absolute Gasteiger partial charge is 0.480 e. The fourth-order valence-corrected chi connectivity index (χ4v) is 3.37. The fraction of sp³-hybridized carbons (Fsp3) is 0.810. The number of carboxylic acids is 1. The van der Waals surface area contributed by atoms with Crippen molar-refractivity contribution in [2.75, 3.05) is 12.0 Å². The number of thioether (sulfide) groups is 1. The highest BCUT2D eigenvalue weighted by atomic mass is 32.2. The number of nitrogens with two attached hydrogens (primary N) is 1. The number of hydrogen-bond acceptors (Lipinski definition) is 7. The summed E-state index contributed by atoms with van der Waals surface area (Å²) >= 11 is 1.46. The third kappa shape index (κ3) is 10.6. The molecular weight excluding hydrogens is 436 g/mol. The number of carbonyl (C=O) groups is 4. The number of aliphatic hydroxyl groups excluding tert-OH is 1. The number of aliphatic hydroxyl groups is 1. The zero-order valence-electron chi connectivity index (χ0n) is 19.9. The molecule has 0 aromatic rings. The van der Waals surface area contributed by atoms with Crippen LogP contribution >= 0.6 is 11.8 Å². The summed E-state index contributed by atoms with van der Waals surface area (Å²) in [7, 11) is 0. The van der Waals surface area contributed by atoms with Crippen molar-refractivity contribution in [3.8, 4) is 0 Å². The number of amides is 3. The number of carboxylic acid groups (broad SMARTS) is 1. The molecule has 0 fully saturated rings. The average Bonchev–Trinajstić information content (AvgIpc) is 2.71. The van der Waals surface area contributed by atoms with Crippen molar-refractivity contribution >= 4 is 35.5 Å². The van der Waals surface area contributed by atoms with E-state index in [2.05, 4.69) is 16.0 Å². The molecule has 0 aliphatic carbocycles. The summed E-state index contributed by atoms with van der Waals surface area (Å²) in [6.07, 6.45) is 1.82. The molecule has 32 heavy (non-hydrogen) atoms. The summed E-state index contributed by atoms with van der Waals surface area (Å²) in [6.45, 7) is 8.83. The van der Waals surface area contributed by atoms with Gasteiger partial charge >= 0.3 is 5.97 Å². The first-order valence-corrected chi connectivity index (χ1v) is 12.3. The zero-order chi connectivity index (χ0) is 25.0. The molecule has 0 radical (unpaired) electrons. The minimum absolute atomic E-state index is 0.0636. The van der Waals surface area contributed by atoms with Crippen molar-refractivity contribution < 1.29 is 29.4 Å². The van der Waals surface area contributed by atoms with Gasteiger partial charge in [0.1, 0.15) is 12.1 Å². The third-order valence-corrected chi connectivity index (χ3v) is 5.83. The van der Waals surface area contributed by atoms with E-state index in [1.807, 2.05) is 34.0 Å². The second-order valence-electron chi connectivity index (χ2n) is 8.51. The van der Waals surface area contributed by atoms with E-state index in [1.54, 1.807) is 0 Å². The van der Waals surface area contributed by atoms with Crippen molar-refractivity contribution in [2.24, 2.45) is 17.6 Å². The lowest BCUT2D eigenvalue weighted by molar-refractivity contribution is -0.145. The Kier molecular flexibility index (Phi) is 14.2. The molecule has 0 heterocycles. The number of carbonyl (C=O) groups excluding carboxylic acids is 3. The zero-order valence-corrected chi connectivity index (χ0v) is 20.7. The van der Waals surface area contributed by atoms with Crippen LogP contribution in [0.4, 0.5) is 0 Å². The maximum atomic E-state index is 13.0. The summed E-state index contributed by atoms with van der Waals surface area (Å²) in [4.78, 5) is 49.5. The summed E-state index contributed by atoms with van der Waals surface area (Å²) in [5.41, 5.74) is 5.99. The van der Waals surface area contributed by atoms with Crippen molar-refractivity contribution in [1.82, 2.24) is 16.0 Å². The minimum Gasteiger partial charge on any atom is -0.480 e. The Hall–Kier alpha value is -1.85. The Bertz CT molecular complexity index is 631. The highest BCUT2D eigenvalue weighted by Gasteiger charge is 2.32. The van der Waals surface area contributed by atoms with Crippen LogP contribution in [-0.4, -0.2) is 76.2 Å². The number of nitrogens with one attached hydrogen (secondary N) is 3. The summed E-state index contributed by atoms with van der Waals surface area (Å²) < 4.78 is 0. The van der Waals surface area contributed by atoms with Gasteiger partial charge in [0.15, 0.2) is 6.04 Å². The van der Waals surface area contributed by atoms with E-state index in [0.29, 0.717) is 18.6 Å². The van der Waals surface area contributed by atoms with Crippen LogP contribution in [0.25, 0.3) is 0 Å². The molecular formula is C21H40N4O6S. The van der Waals surface area contributed by atoms with Crippen LogP contribution in [-0.2, 0) is 19.2 Å². The Morgan fingerprint density at radius 2 is 1.47 bits per heavy atom. The molecule has 6 atom stereocenters. The summed E-state index contributed by atoms with van der Waals surface area (Å²) in [5, 5.41) is 26.4. The minimum atomic E-state index is -1.50. The van der Waals surface area contributed by atoms with Gasteiger partial charge in [0, 0.05) is 0 Å². The molecule has 0 aliphatic rings. The maximum Gasteiger partial charge on any atom is 0.328 e. The lowest BCUT2D eigenvalue weighted by atomic mass is 9.97. The van der Waals surface area contributed by atoms with E-state index in [4.69, 9.17) is 5.73 Å². The molecule has 0 aromatic heterocycles. The monoisotopic (exact) mass is 476 g/mol. The Balaban J connectivity index is 5.49. The number of rotatable bonds is 15. The topological polar surface area (TPSA) is 171 Å². The van der Waals surface area contributed by atoms with E-state index in [0.717, 1.165) is 0 Å². The molecule has 0 saturated heterocycles. The average molecular weight is 477 g/mol. The van der Waals surface area contributed by atoms with Crippen molar-refractivity contribution in [2.45, 2.75) is 84.2 Å². The normalized spacial score (nSPS) is 16.9. The van der Waals surface area contributed by atoms with Gasteiger partial charge in [0.2, 0.25) is 17.7 Å². The molecule has 11 heteroatoms. The highest BCUT2D eigenvalue weighted by molar-refractivity contribution is 7.98. The second kappa shape index (κ2) is 15.1. The summed E-state index contributed by atoms with van der Waals surface area (Å²) in [6, 6.07) is -4.18. The van der Waals surface area contributed by atoms with Crippen molar-refractivity contribution in [1.29, 1.82) is 0 Å². The standard InChI is InChI=1S/C21H40N4O6S/c1-7-12(4)16(22)20(29)24-15(10-11(2)3)19(28)23-14(8-9-32-6)18(27)25-17(13(5)26)21(30)31/h11-17,26H,7-10,22H2,1-6H3,(H,23,28)(H,24,29)(H,25,27)(H,30,31). The maximum absolute atomic E-state index is 13.0. The van der Waals surface area contributed by atoms with Crippen LogP contribution in [0.2, 0.25) is 0 Å². The molecule has 0 saturated carbocycles. The molecule has 7 N–H and O–H groups in total. The molecule has 0 aliphatic heterocycles. The quantitative estimate of drug-likeness (QED) is 0.193. The van der Waals surface area contributed by atoms with Gasteiger partial charge in [0.05, 0.1) is 12.1 Å². The molecule has 0 rings (SSSR count). The third-order valence-electron chi connectivity index (χ3n) is 5.19. The van der Waals surface area contributed by atoms with Gasteiger partial charge < -0.3 is 31.9 Å². The van der Waals surface area contributed by atoms with Crippen LogP contribution < -0.4 is 21.7 Å². The van der Waals surface area contributed by atoms with E-state index in [-0.39, 0.29) is 18.3 Å². The SMILES string of the molecule is CCC(C)C(N)C(=O)NC(CC(C)C)C(=O)NC(CCSC)C(=O)NC(C(=O)O)C(C)O. The number of aliphatic carboxylic acids is 1. The van der Waals surface area contributed by atoms with Crippen LogP contribution in [0.3, 0.4) is 0 Å². The molecule has 186 valence electrons. The molecule has 6 unspecified atom stereocenters. The van der Waals surface area contributed by atoms with E-state index < -0.39 is 54.0 Å². The van der Waals surface area contributed by atoms with Gasteiger partial charge in [-0.2, -0.15) is 11.8 Å². The van der Waals surface area contributed by atoms with Crippen LogP contribution in [0.1, 0.15) is 53.9 Å². The number of hydrogen-bond donors (Lipinski definition) is 6. The van der Waals surface area contributed by atoms with E-state index in [9.17, 15) is 29.4 Å². The van der Waals surface area contributed by atoms with Gasteiger partial charge in [0.25, 0.3) is 0 Å². The fourth-order valence-electron chi connectivity index (χ4n) is 2.90. The van der Waals surface area contributed by atoms with Crippen LogP contribution in [0.5, 0.6) is 0 Å². The van der Waals surface area contributed by atoms with Crippen molar-refractivity contribution in [3.63, 3.8) is 0 Å². The van der Waals surface area contributed by atoms with Crippen LogP contribution in [0.15, 0.2) is 0 Å². The first-order chi connectivity index (χ1) is 14.8. The first-order valence-electron chi connectivity index (χ1n) is 10.9. The van der Waals surface area contributed by atoms with Gasteiger partial charge in [-0.3, -0.25) is 14.4 Å². The summed E-state index contributed by atoms with van der Waals surface area (Å²) in [5.74, 6) is -2.54. The van der Waals surface area contributed by atoms with Gasteiger partial charge in [-0.1, -0.05) is 34.1 Å². The molecule has 0 spiro atoms. The smallest absolute Gasteiger partial charge is 0.328 e. The predicted molar refractivity (Wildman–Crippen MR) is 125 cm³/mol. The Labute approximate surface area is 194 Å². The molecule has 0 aromatic carbocycles. The molecule has 10 nitrogen and oxygen atoms in total. The van der Waals surface area contributed by atoms with E-state index in [1.165, 1.54) is 18.7 Å². The van der Waals surface area contributed by atoms with E-state index >= 15 is 0 Å². The lowest BCUT2D eigenvalue weighted by Crippen LogP contribution is -2.58. The van der Waals surface area contributed by atoms with Gasteiger partial charge in [-0.15, -0.1) is 0 Å². The predicted octanol–water partition coefficient (Wildman–Crippen LogP) is 0.0788. The van der Waals surface area contributed by atoms with Gasteiger partial charge in [-0.25, -0.2) is 4.79 Å². The van der Waals surface area contributed by atoms with Crippen molar-refractivity contribution in [3.05, 3.63) is 0 Å². The first kappa shape index (κ1) is 30.1. The Morgan fingerprint density at radius 3 is 1.91 bits per heavy atom.